The summed E-state index contributed by atoms with van der Waals surface area (Å²) in [4.78, 5) is 23.0. The van der Waals surface area contributed by atoms with Crippen LogP contribution in [0.1, 0.15) is 47.5 Å². The van der Waals surface area contributed by atoms with Gasteiger partial charge < -0.3 is 9.47 Å². The van der Waals surface area contributed by atoms with Gasteiger partial charge in [-0.05, 0) is 26.7 Å². The SMILES string of the molecule is C=C(C)CC(=O)OCCCOC(=O)C(C)(C)C(C)C. The molecule has 0 unspecified atom stereocenters. The lowest BCUT2D eigenvalue weighted by Crippen LogP contribution is -2.32. The molecule has 4 heteroatoms. The number of hydrogen-bond donors (Lipinski definition) is 0. The van der Waals surface area contributed by atoms with E-state index < -0.39 is 5.41 Å². The number of hydrogen-bond acceptors (Lipinski definition) is 4. The lowest BCUT2D eigenvalue weighted by Gasteiger charge is -2.26. The molecule has 0 aliphatic rings. The van der Waals surface area contributed by atoms with Crippen LogP contribution in [0, 0.1) is 11.3 Å². The van der Waals surface area contributed by atoms with Crippen molar-refractivity contribution in [2.24, 2.45) is 11.3 Å². The predicted octanol–water partition coefficient (Wildman–Crippen LogP) is 3.11. The minimum atomic E-state index is -0.489. The molecule has 0 spiro atoms. The van der Waals surface area contributed by atoms with Crippen LogP contribution in [0.5, 0.6) is 0 Å². The van der Waals surface area contributed by atoms with Gasteiger partial charge in [0.1, 0.15) is 0 Å². The van der Waals surface area contributed by atoms with Gasteiger partial charge in [-0.25, -0.2) is 0 Å². The maximum atomic E-state index is 11.8. The molecule has 0 aromatic carbocycles. The maximum absolute atomic E-state index is 11.8. The lowest BCUT2D eigenvalue weighted by molar-refractivity contribution is -0.157. The van der Waals surface area contributed by atoms with Crippen molar-refractivity contribution >= 4 is 11.9 Å². The lowest BCUT2D eigenvalue weighted by atomic mass is 9.81. The monoisotopic (exact) mass is 270 g/mol. The maximum Gasteiger partial charge on any atom is 0.311 e. The molecule has 0 atom stereocenters. The van der Waals surface area contributed by atoms with Crippen molar-refractivity contribution in [1.82, 2.24) is 0 Å². The van der Waals surface area contributed by atoms with Crippen LogP contribution in [0.3, 0.4) is 0 Å². The van der Waals surface area contributed by atoms with Gasteiger partial charge in [0.2, 0.25) is 0 Å². The minimum absolute atomic E-state index is 0.212. The van der Waals surface area contributed by atoms with Crippen molar-refractivity contribution in [3.05, 3.63) is 12.2 Å². The van der Waals surface area contributed by atoms with Crippen LogP contribution in [-0.4, -0.2) is 25.2 Å². The summed E-state index contributed by atoms with van der Waals surface area (Å²) < 4.78 is 10.2. The highest BCUT2D eigenvalue weighted by Crippen LogP contribution is 2.27. The van der Waals surface area contributed by atoms with E-state index in [1.54, 1.807) is 6.92 Å². The predicted molar refractivity (Wildman–Crippen MR) is 74.6 cm³/mol. The number of carbonyl (C=O) groups excluding carboxylic acids is 2. The summed E-state index contributed by atoms with van der Waals surface area (Å²) in [5.74, 6) is -0.287. The summed E-state index contributed by atoms with van der Waals surface area (Å²) in [6.07, 6.45) is 0.752. The fraction of sp³-hybridized carbons (Fsp3) is 0.733. The molecule has 0 aliphatic carbocycles. The Morgan fingerprint density at radius 1 is 1.16 bits per heavy atom. The largest absolute Gasteiger partial charge is 0.465 e. The van der Waals surface area contributed by atoms with E-state index in [4.69, 9.17) is 9.47 Å². The van der Waals surface area contributed by atoms with Gasteiger partial charge in [-0.15, -0.1) is 0 Å². The van der Waals surface area contributed by atoms with E-state index in [1.807, 2.05) is 27.7 Å². The Morgan fingerprint density at radius 2 is 1.68 bits per heavy atom. The van der Waals surface area contributed by atoms with Crippen molar-refractivity contribution in [2.75, 3.05) is 13.2 Å². The average molecular weight is 270 g/mol. The third-order valence-corrected chi connectivity index (χ3v) is 3.20. The summed E-state index contributed by atoms with van der Waals surface area (Å²) in [6, 6.07) is 0. The van der Waals surface area contributed by atoms with Crippen LogP contribution in [0.2, 0.25) is 0 Å². The second-order valence-electron chi connectivity index (χ2n) is 5.72. The molecule has 0 heterocycles. The topological polar surface area (TPSA) is 52.6 Å². The van der Waals surface area contributed by atoms with Gasteiger partial charge in [-0.1, -0.05) is 26.0 Å². The molecule has 0 aromatic heterocycles. The molecule has 110 valence electrons. The first-order valence-corrected chi connectivity index (χ1v) is 6.65. The molecular formula is C15H26O4. The Balaban J connectivity index is 3.79. The molecule has 4 nitrogen and oxygen atoms in total. The van der Waals surface area contributed by atoms with Crippen LogP contribution in [0.4, 0.5) is 0 Å². The summed E-state index contributed by atoms with van der Waals surface area (Å²) in [5, 5.41) is 0. The Morgan fingerprint density at radius 3 is 2.16 bits per heavy atom. The third kappa shape index (κ3) is 6.99. The summed E-state index contributed by atoms with van der Waals surface area (Å²) in [7, 11) is 0. The van der Waals surface area contributed by atoms with Gasteiger partial charge in [-0.3, -0.25) is 9.59 Å². The molecule has 0 aromatic rings. The van der Waals surface area contributed by atoms with Crippen molar-refractivity contribution < 1.29 is 19.1 Å². The van der Waals surface area contributed by atoms with Crippen LogP contribution < -0.4 is 0 Å². The Hall–Kier alpha value is -1.32. The zero-order valence-corrected chi connectivity index (χ0v) is 12.7. The van der Waals surface area contributed by atoms with E-state index in [9.17, 15) is 9.59 Å². The second-order valence-corrected chi connectivity index (χ2v) is 5.72. The molecule has 0 saturated carbocycles. The minimum Gasteiger partial charge on any atom is -0.465 e. The first kappa shape index (κ1) is 17.7. The molecule has 0 bridgehead atoms. The molecule has 0 saturated heterocycles. The zero-order chi connectivity index (χ0) is 15.1. The van der Waals surface area contributed by atoms with Crippen molar-refractivity contribution in [2.45, 2.75) is 47.5 Å². The third-order valence-electron chi connectivity index (χ3n) is 3.20. The van der Waals surface area contributed by atoms with Crippen LogP contribution in [-0.2, 0) is 19.1 Å². The smallest absolute Gasteiger partial charge is 0.311 e. The highest BCUT2D eigenvalue weighted by molar-refractivity contribution is 5.76. The Bertz CT molecular complexity index is 329. The van der Waals surface area contributed by atoms with Gasteiger partial charge in [0.25, 0.3) is 0 Å². The molecule has 0 fully saturated rings. The molecule has 0 rings (SSSR count). The highest BCUT2D eigenvalue weighted by atomic mass is 16.5. The fourth-order valence-electron chi connectivity index (χ4n) is 1.13. The summed E-state index contributed by atoms with van der Waals surface area (Å²) >= 11 is 0. The number of ether oxygens (including phenoxy) is 2. The highest BCUT2D eigenvalue weighted by Gasteiger charge is 2.32. The molecule has 0 amide bonds. The van der Waals surface area contributed by atoms with E-state index in [-0.39, 0.29) is 37.5 Å². The molecule has 0 N–H and O–H groups in total. The fourth-order valence-corrected chi connectivity index (χ4v) is 1.13. The standard InChI is InChI=1S/C15H26O4/c1-11(2)10-13(16)18-8-7-9-19-14(17)15(5,6)12(3)4/h12H,1,7-10H2,2-6H3. The number of rotatable bonds is 8. The number of carbonyl (C=O) groups is 2. The quantitative estimate of drug-likeness (QED) is 0.386. The van der Waals surface area contributed by atoms with Crippen molar-refractivity contribution in [3.63, 3.8) is 0 Å². The van der Waals surface area contributed by atoms with Crippen LogP contribution >= 0.6 is 0 Å². The molecule has 0 radical (unpaired) electrons. The van der Waals surface area contributed by atoms with Gasteiger partial charge in [0, 0.05) is 6.42 Å². The van der Waals surface area contributed by atoms with E-state index in [0.29, 0.717) is 6.42 Å². The first-order chi connectivity index (χ1) is 8.67. The van der Waals surface area contributed by atoms with Gasteiger partial charge in [0.15, 0.2) is 0 Å². The van der Waals surface area contributed by atoms with Gasteiger partial charge in [-0.2, -0.15) is 0 Å². The normalized spacial score (nSPS) is 11.3. The zero-order valence-electron chi connectivity index (χ0n) is 12.7. The van der Waals surface area contributed by atoms with Gasteiger partial charge >= 0.3 is 11.9 Å². The molecule has 19 heavy (non-hydrogen) atoms. The first-order valence-electron chi connectivity index (χ1n) is 6.65. The van der Waals surface area contributed by atoms with E-state index in [0.717, 1.165) is 5.57 Å². The Labute approximate surface area is 116 Å². The van der Waals surface area contributed by atoms with Crippen molar-refractivity contribution in [3.8, 4) is 0 Å². The molecule has 0 aliphatic heterocycles. The summed E-state index contributed by atoms with van der Waals surface area (Å²) in [6.45, 7) is 13.7. The van der Waals surface area contributed by atoms with Gasteiger partial charge in [0.05, 0.1) is 25.0 Å². The molecular weight excluding hydrogens is 244 g/mol. The second kappa shape index (κ2) is 7.97. The van der Waals surface area contributed by atoms with Crippen LogP contribution in [0.15, 0.2) is 12.2 Å². The van der Waals surface area contributed by atoms with E-state index in [1.165, 1.54) is 0 Å². The van der Waals surface area contributed by atoms with E-state index in [2.05, 4.69) is 6.58 Å². The number of esters is 2. The van der Waals surface area contributed by atoms with Crippen LogP contribution in [0.25, 0.3) is 0 Å². The van der Waals surface area contributed by atoms with Crippen molar-refractivity contribution in [1.29, 1.82) is 0 Å². The average Bonchev–Trinajstić information content (AvgIpc) is 2.26. The van der Waals surface area contributed by atoms with E-state index >= 15 is 0 Å². The summed E-state index contributed by atoms with van der Waals surface area (Å²) in [5.41, 5.74) is 0.284. The Kier molecular flexibility index (Phi) is 7.42.